The van der Waals surface area contributed by atoms with Crippen LogP contribution in [0.25, 0.3) is 0 Å². The van der Waals surface area contributed by atoms with Crippen LogP contribution in [0.2, 0.25) is 0 Å². The van der Waals surface area contributed by atoms with Gasteiger partial charge in [0, 0.05) is 17.2 Å². The van der Waals surface area contributed by atoms with E-state index in [1.54, 1.807) is 6.07 Å². The van der Waals surface area contributed by atoms with Crippen molar-refractivity contribution < 1.29 is 9.21 Å². The number of anilines is 1. The molecule has 1 unspecified atom stereocenters. The van der Waals surface area contributed by atoms with Gasteiger partial charge < -0.3 is 14.3 Å². The Morgan fingerprint density at radius 1 is 1.62 bits per heavy atom. The van der Waals surface area contributed by atoms with E-state index < -0.39 is 0 Å². The first-order chi connectivity index (χ1) is 10.2. The zero-order valence-corrected chi connectivity index (χ0v) is 13.2. The van der Waals surface area contributed by atoms with Crippen LogP contribution in [0, 0.1) is 0 Å². The van der Waals surface area contributed by atoms with Crippen LogP contribution >= 0.6 is 15.9 Å². The smallest absolute Gasteiger partial charge is 0.322 e. The minimum atomic E-state index is -0.267. The highest BCUT2D eigenvalue weighted by molar-refractivity contribution is 9.10. The third-order valence-corrected chi connectivity index (χ3v) is 3.89. The first kappa shape index (κ1) is 14.3. The highest BCUT2D eigenvalue weighted by Crippen LogP contribution is 2.23. The van der Waals surface area contributed by atoms with Crippen molar-refractivity contribution in [3.05, 3.63) is 28.3 Å². The Morgan fingerprint density at radius 3 is 3.19 bits per heavy atom. The lowest BCUT2D eigenvalue weighted by atomic mass is 10.2. The fourth-order valence-corrected chi connectivity index (χ4v) is 2.87. The van der Waals surface area contributed by atoms with Crippen LogP contribution in [-0.4, -0.2) is 27.2 Å². The molecule has 0 bridgehead atoms. The van der Waals surface area contributed by atoms with E-state index in [0.717, 1.165) is 23.9 Å². The van der Waals surface area contributed by atoms with Gasteiger partial charge in [0.25, 0.3) is 5.91 Å². The summed E-state index contributed by atoms with van der Waals surface area (Å²) in [6.07, 6.45) is 3.92. The van der Waals surface area contributed by atoms with Crippen molar-refractivity contribution in [2.75, 3.05) is 11.9 Å². The van der Waals surface area contributed by atoms with Gasteiger partial charge in [0.15, 0.2) is 0 Å². The average Bonchev–Trinajstić information content (AvgIpc) is 3.16. The summed E-state index contributed by atoms with van der Waals surface area (Å²) in [5.41, 5.74) is 0.545. The van der Waals surface area contributed by atoms with Gasteiger partial charge in [-0.05, 0) is 48.3 Å². The quantitative estimate of drug-likeness (QED) is 0.880. The molecule has 8 heteroatoms. The number of aromatic nitrogens is 3. The van der Waals surface area contributed by atoms with Gasteiger partial charge in [0.2, 0.25) is 5.89 Å². The van der Waals surface area contributed by atoms with Crippen molar-refractivity contribution in [1.82, 2.24) is 20.1 Å². The van der Waals surface area contributed by atoms with E-state index >= 15 is 0 Å². The van der Waals surface area contributed by atoms with Crippen LogP contribution in [0.4, 0.5) is 6.01 Å². The molecule has 7 nitrogen and oxygen atoms in total. The topological polar surface area (TPSA) is 85.0 Å². The van der Waals surface area contributed by atoms with Crippen molar-refractivity contribution in [2.45, 2.75) is 32.4 Å². The predicted molar refractivity (Wildman–Crippen MR) is 80.0 cm³/mol. The summed E-state index contributed by atoms with van der Waals surface area (Å²) in [5.74, 6) is 0.256. The number of nitrogens with zero attached hydrogens (tertiary/aromatic N) is 3. The van der Waals surface area contributed by atoms with Crippen LogP contribution in [-0.2, 0) is 6.54 Å². The van der Waals surface area contributed by atoms with E-state index in [1.807, 2.05) is 17.7 Å². The first-order valence-corrected chi connectivity index (χ1v) is 7.70. The van der Waals surface area contributed by atoms with E-state index in [4.69, 9.17) is 4.42 Å². The molecule has 0 radical (unpaired) electrons. The lowest BCUT2D eigenvalue weighted by Crippen LogP contribution is -2.16. The largest absolute Gasteiger partial charge is 0.406 e. The molecule has 1 saturated heterocycles. The van der Waals surface area contributed by atoms with E-state index in [9.17, 15) is 4.79 Å². The number of aryl methyl sites for hydroxylation is 1. The van der Waals surface area contributed by atoms with Crippen LogP contribution in [0.5, 0.6) is 0 Å². The van der Waals surface area contributed by atoms with Gasteiger partial charge in [-0.3, -0.25) is 10.1 Å². The van der Waals surface area contributed by atoms with Gasteiger partial charge in [0.05, 0.1) is 6.04 Å². The molecule has 21 heavy (non-hydrogen) atoms. The van der Waals surface area contributed by atoms with E-state index in [2.05, 4.69) is 36.8 Å². The molecule has 1 aliphatic rings. The monoisotopic (exact) mass is 353 g/mol. The summed E-state index contributed by atoms with van der Waals surface area (Å²) < 4.78 is 8.20. The van der Waals surface area contributed by atoms with Crippen molar-refractivity contribution in [2.24, 2.45) is 0 Å². The van der Waals surface area contributed by atoms with E-state index in [0.29, 0.717) is 18.1 Å². The molecule has 0 saturated carbocycles. The molecule has 0 spiro atoms. The second kappa shape index (κ2) is 5.98. The van der Waals surface area contributed by atoms with Gasteiger partial charge in [-0.1, -0.05) is 5.10 Å². The van der Waals surface area contributed by atoms with Crippen LogP contribution in [0.3, 0.4) is 0 Å². The number of hydrogen-bond acceptors (Lipinski definition) is 5. The van der Waals surface area contributed by atoms with Crippen molar-refractivity contribution in [3.8, 4) is 0 Å². The third-order valence-electron chi connectivity index (χ3n) is 3.46. The minimum absolute atomic E-state index is 0.0943. The molecular formula is C13H16BrN5O2. The Hall–Kier alpha value is -1.67. The molecule has 112 valence electrons. The number of halogens is 1. The van der Waals surface area contributed by atoms with Crippen molar-refractivity contribution >= 4 is 27.9 Å². The van der Waals surface area contributed by atoms with E-state index in [-0.39, 0.29) is 18.0 Å². The second-order valence-electron chi connectivity index (χ2n) is 4.88. The van der Waals surface area contributed by atoms with Gasteiger partial charge in [-0.2, -0.15) is 0 Å². The zero-order valence-electron chi connectivity index (χ0n) is 11.6. The molecule has 2 aromatic heterocycles. The molecule has 3 rings (SSSR count). The number of rotatable bonds is 4. The zero-order chi connectivity index (χ0) is 14.8. The molecule has 0 aliphatic carbocycles. The Labute approximate surface area is 130 Å². The van der Waals surface area contributed by atoms with Crippen molar-refractivity contribution in [3.63, 3.8) is 0 Å². The standard InChI is InChI=1S/C13H16BrN5O2/c1-2-19-7-8(14)6-10(19)11(20)16-13-18-17-12(21-13)9-4-3-5-15-9/h6-7,9,15H,2-5H2,1H3,(H,16,18,20). The molecule has 1 atom stereocenters. The van der Waals surface area contributed by atoms with Gasteiger partial charge in [-0.25, -0.2) is 0 Å². The third kappa shape index (κ3) is 3.01. The Morgan fingerprint density at radius 2 is 2.48 bits per heavy atom. The second-order valence-corrected chi connectivity index (χ2v) is 5.79. The predicted octanol–water partition coefficient (Wildman–Crippen LogP) is 2.33. The summed E-state index contributed by atoms with van der Waals surface area (Å²) in [4.78, 5) is 12.2. The number of carbonyl (C=O) groups excluding carboxylic acids is 1. The Bertz CT molecular complexity index is 645. The summed E-state index contributed by atoms with van der Waals surface area (Å²) in [7, 11) is 0. The number of amides is 1. The van der Waals surface area contributed by atoms with Crippen molar-refractivity contribution in [1.29, 1.82) is 0 Å². The molecule has 2 aromatic rings. The molecular weight excluding hydrogens is 338 g/mol. The SMILES string of the molecule is CCn1cc(Br)cc1C(=O)Nc1nnc(C2CCCN2)o1. The number of carbonyl (C=O) groups is 1. The highest BCUT2D eigenvalue weighted by Gasteiger charge is 2.23. The summed E-state index contributed by atoms with van der Waals surface area (Å²) >= 11 is 3.37. The molecule has 2 N–H and O–H groups in total. The summed E-state index contributed by atoms with van der Waals surface area (Å²) in [5, 5.41) is 13.8. The minimum Gasteiger partial charge on any atom is -0.406 e. The van der Waals surface area contributed by atoms with Crippen LogP contribution in [0.1, 0.15) is 42.2 Å². The number of hydrogen-bond donors (Lipinski definition) is 2. The maximum Gasteiger partial charge on any atom is 0.322 e. The molecule has 0 aromatic carbocycles. The van der Waals surface area contributed by atoms with Crippen LogP contribution in [0.15, 0.2) is 21.2 Å². The molecule has 1 aliphatic heterocycles. The van der Waals surface area contributed by atoms with Gasteiger partial charge in [0.1, 0.15) is 5.69 Å². The lowest BCUT2D eigenvalue weighted by Gasteiger charge is -2.05. The Kier molecular flexibility index (Phi) is 4.07. The maximum absolute atomic E-state index is 12.2. The Balaban J connectivity index is 1.72. The average molecular weight is 354 g/mol. The fraction of sp³-hybridized carbons (Fsp3) is 0.462. The highest BCUT2D eigenvalue weighted by atomic mass is 79.9. The summed E-state index contributed by atoms with van der Waals surface area (Å²) in [6.45, 7) is 3.63. The first-order valence-electron chi connectivity index (χ1n) is 6.91. The number of nitrogens with one attached hydrogen (secondary N) is 2. The van der Waals surface area contributed by atoms with Gasteiger partial charge >= 0.3 is 6.01 Å². The lowest BCUT2D eigenvalue weighted by molar-refractivity contribution is 0.101. The van der Waals surface area contributed by atoms with Crippen LogP contribution < -0.4 is 10.6 Å². The van der Waals surface area contributed by atoms with Gasteiger partial charge in [-0.15, -0.1) is 5.10 Å². The summed E-state index contributed by atoms with van der Waals surface area (Å²) in [6, 6.07) is 1.98. The fourth-order valence-electron chi connectivity index (χ4n) is 2.41. The van der Waals surface area contributed by atoms with E-state index in [1.165, 1.54) is 0 Å². The maximum atomic E-state index is 12.2. The molecule has 3 heterocycles. The molecule has 1 amide bonds. The molecule has 1 fully saturated rings. The normalized spacial score (nSPS) is 18.1.